The molecule has 0 heterocycles. The highest BCUT2D eigenvalue weighted by atomic mass is 35.5. The second-order valence-corrected chi connectivity index (χ2v) is 6.91. The molecule has 0 aromatic heterocycles. The fourth-order valence-electron chi connectivity index (χ4n) is 3.96. The summed E-state index contributed by atoms with van der Waals surface area (Å²) in [5, 5.41) is 2.75. The second-order valence-electron chi connectivity index (χ2n) is 6.54. The van der Waals surface area contributed by atoms with Gasteiger partial charge >= 0.3 is 6.03 Å². The van der Waals surface area contributed by atoms with Gasteiger partial charge in [-0.2, -0.15) is 0 Å². The molecule has 0 aliphatic heterocycles. The number of carbonyl (C=O) groups is 1. The molecule has 4 nitrogen and oxygen atoms in total. The Bertz CT molecular complexity index is 284. The lowest BCUT2D eigenvalue weighted by Crippen LogP contribution is -2.54. The van der Waals surface area contributed by atoms with Crippen LogP contribution >= 0.6 is 11.6 Å². The van der Waals surface area contributed by atoms with Gasteiger partial charge in [-0.3, -0.25) is 5.43 Å². The monoisotopic (exact) mass is 315 g/mol. The van der Waals surface area contributed by atoms with E-state index in [9.17, 15) is 4.79 Å². The molecule has 2 fully saturated rings. The lowest BCUT2D eigenvalue weighted by Gasteiger charge is -2.38. The molecule has 2 amide bonds. The summed E-state index contributed by atoms with van der Waals surface area (Å²) in [5.41, 5.74) is 6.22. The van der Waals surface area contributed by atoms with Crippen LogP contribution in [0.1, 0.15) is 64.2 Å². The van der Waals surface area contributed by atoms with Gasteiger partial charge in [0.1, 0.15) is 0 Å². The molecular formula is C16H30ClN3O. The summed E-state index contributed by atoms with van der Waals surface area (Å²) in [6, 6.07) is 0.277. The topological polar surface area (TPSA) is 53.2 Å². The van der Waals surface area contributed by atoms with Gasteiger partial charge in [-0.1, -0.05) is 38.5 Å². The van der Waals surface area contributed by atoms with E-state index in [4.69, 9.17) is 11.6 Å². The van der Waals surface area contributed by atoms with Crippen molar-refractivity contribution in [3.05, 3.63) is 0 Å². The Labute approximate surface area is 133 Å². The lowest BCUT2D eigenvalue weighted by molar-refractivity contribution is 0.157. The lowest BCUT2D eigenvalue weighted by atomic mass is 9.74. The zero-order chi connectivity index (χ0) is 14.9. The van der Waals surface area contributed by atoms with E-state index >= 15 is 0 Å². The molecule has 0 atom stereocenters. The number of urea groups is 1. The van der Waals surface area contributed by atoms with E-state index < -0.39 is 0 Å². The Morgan fingerprint density at radius 3 is 1.95 bits per heavy atom. The maximum atomic E-state index is 11.7. The van der Waals surface area contributed by atoms with Gasteiger partial charge in [-0.15, -0.1) is 11.6 Å². The third-order valence-corrected chi connectivity index (χ3v) is 5.24. The summed E-state index contributed by atoms with van der Waals surface area (Å²) in [4.78, 5) is 11.7. The quantitative estimate of drug-likeness (QED) is 0.518. The van der Waals surface area contributed by atoms with Gasteiger partial charge in [0, 0.05) is 18.5 Å². The molecule has 2 rings (SSSR count). The average Bonchev–Trinajstić information content (AvgIpc) is 2.55. The fraction of sp³-hybridized carbons (Fsp3) is 0.938. The molecule has 0 aromatic rings. The molecule has 2 aliphatic rings. The van der Waals surface area contributed by atoms with Crippen molar-refractivity contribution >= 4 is 17.6 Å². The minimum atomic E-state index is -0.160. The number of halogens is 1. The first-order valence-electron chi connectivity index (χ1n) is 8.66. The molecule has 21 heavy (non-hydrogen) atoms. The summed E-state index contributed by atoms with van der Waals surface area (Å²) < 4.78 is 0. The van der Waals surface area contributed by atoms with Crippen molar-refractivity contribution in [1.82, 2.24) is 16.2 Å². The second kappa shape index (κ2) is 9.52. The van der Waals surface area contributed by atoms with Gasteiger partial charge in [0.05, 0.1) is 0 Å². The number of alkyl halides is 1. The maximum absolute atomic E-state index is 11.7. The molecule has 0 radical (unpaired) electrons. The zero-order valence-corrected chi connectivity index (χ0v) is 13.8. The SMILES string of the molecule is O=C(NCCCl)NNC(C1CCCCC1)C1CCCCC1. The van der Waals surface area contributed by atoms with Crippen LogP contribution < -0.4 is 16.2 Å². The molecule has 0 saturated heterocycles. The molecule has 0 unspecified atom stereocenters. The molecule has 0 aromatic carbocycles. The first-order valence-corrected chi connectivity index (χ1v) is 9.20. The molecule has 0 bridgehead atoms. The largest absolute Gasteiger partial charge is 0.336 e. The van der Waals surface area contributed by atoms with Crippen molar-refractivity contribution in [2.75, 3.05) is 12.4 Å². The van der Waals surface area contributed by atoms with Crippen LogP contribution in [0.15, 0.2) is 0 Å². The smallest absolute Gasteiger partial charge is 0.329 e. The van der Waals surface area contributed by atoms with E-state index in [1.807, 2.05) is 0 Å². The average molecular weight is 316 g/mol. The third kappa shape index (κ3) is 5.67. The number of rotatable bonds is 6. The van der Waals surface area contributed by atoms with Crippen molar-refractivity contribution in [3.8, 4) is 0 Å². The van der Waals surface area contributed by atoms with Crippen LogP contribution in [0, 0.1) is 11.8 Å². The molecule has 122 valence electrons. The number of nitrogens with one attached hydrogen (secondary N) is 3. The summed E-state index contributed by atoms with van der Waals surface area (Å²) in [5.74, 6) is 1.88. The number of amides is 2. The number of hydrazine groups is 1. The summed E-state index contributed by atoms with van der Waals surface area (Å²) in [6.45, 7) is 0.507. The normalized spacial score (nSPS) is 21.4. The van der Waals surface area contributed by atoms with Crippen molar-refractivity contribution in [2.24, 2.45) is 11.8 Å². The van der Waals surface area contributed by atoms with Gasteiger partial charge in [0.15, 0.2) is 0 Å². The highest BCUT2D eigenvalue weighted by Gasteiger charge is 2.31. The van der Waals surface area contributed by atoms with Crippen molar-refractivity contribution in [2.45, 2.75) is 70.3 Å². The fourth-order valence-corrected chi connectivity index (χ4v) is 4.06. The van der Waals surface area contributed by atoms with Crippen molar-refractivity contribution in [1.29, 1.82) is 0 Å². The molecule has 3 N–H and O–H groups in total. The zero-order valence-electron chi connectivity index (χ0n) is 13.0. The molecule has 0 spiro atoms. The Kier molecular flexibility index (Phi) is 7.65. The highest BCUT2D eigenvalue weighted by molar-refractivity contribution is 6.18. The minimum Gasteiger partial charge on any atom is -0.336 e. The first-order chi connectivity index (χ1) is 10.3. The van der Waals surface area contributed by atoms with Crippen LogP contribution in [0.25, 0.3) is 0 Å². The predicted octanol–water partition coefficient (Wildman–Crippen LogP) is 3.56. The van der Waals surface area contributed by atoms with Gasteiger partial charge in [0.25, 0.3) is 0 Å². The Hall–Kier alpha value is -0.480. The minimum absolute atomic E-state index is 0.160. The standard InChI is InChI=1S/C16H30ClN3O/c17-11-12-18-16(21)20-19-15(13-7-3-1-4-8-13)14-9-5-2-6-10-14/h13-15,19H,1-12H2,(H2,18,20,21). The van der Waals surface area contributed by atoms with Crippen LogP contribution in [0.2, 0.25) is 0 Å². The van der Waals surface area contributed by atoms with Crippen LogP contribution in [0.3, 0.4) is 0 Å². The van der Waals surface area contributed by atoms with Crippen LogP contribution in [0.4, 0.5) is 4.79 Å². The number of carbonyl (C=O) groups excluding carboxylic acids is 1. The summed E-state index contributed by atoms with van der Waals surface area (Å²) >= 11 is 5.59. The van der Waals surface area contributed by atoms with Crippen LogP contribution in [0.5, 0.6) is 0 Å². The summed E-state index contributed by atoms with van der Waals surface area (Å²) in [6.07, 6.45) is 13.3. The van der Waals surface area contributed by atoms with Crippen molar-refractivity contribution < 1.29 is 4.79 Å². The van der Waals surface area contributed by atoms with E-state index in [0.717, 1.165) is 11.8 Å². The van der Waals surface area contributed by atoms with Crippen LogP contribution in [-0.2, 0) is 0 Å². The summed E-state index contributed by atoms with van der Waals surface area (Å²) in [7, 11) is 0. The predicted molar refractivity (Wildman–Crippen MR) is 87.3 cm³/mol. The Morgan fingerprint density at radius 1 is 0.952 bits per heavy atom. The van der Waals surface area contributed by atoms with Gasteiger partial charge in [-0.25, -0.2) is 10.2 Å². The van der Waals surface area contributed by atoms with E-state index in [2.05, 4.69) is 16.2 Å². The molecule has 5 heteroatoms. The van der Waals surface area contributed by atoms with E-state index in [1.54, 1.807) is 0 Å². The maximum Gasteiger partial charge on any atom is 0.329 e. The molecule has 2 aliphatic carbocycles. The Balaban J connectivity index is 1.86. The van der Waals surface area contributed by atoms with Gasteiger partial charge < -0.3 is 5.32 Å². The Morgan fingerprint density at radius 2 is 1.48 bits per heavy atom. The molecule has 2 saturated carbocycles. The van der Waals surface area contributed by atoms with Crippen LogP contribution in [-0.4, -0.2) is 24.5 Å². The molecular weight excluding hydrogens is 286 g/mol. The van der Waals surface area contributed by atoms with E-state index in [1.165, 1.54) is 64.2 Å². The van der Waals surface area contributed by atoms with Gasteiger partial charge in [0.2, 0.25) is 0 Å². The van der Waals surface area contributed by atoms with E-state index in [0.29, 0.717) is 18.5 Å². The number of hydrogen-bond acceptors (Lipinski definition) is 2. The first kappa shape index (κ1) is 16.9. The third-order valence-electron chi connectivity index (χ3n) is 5.05. The van der Waals surface area contributed by atoms with Gasteiger partial charge in [-0.05, 0) is 37.5 Å². The number of hydrogen-bond donors (Lipinski definition) is 3. The van der Waals surface area contributed by atoms with Crippen molar-refractivity contribution in [3.63, 3.8) is 0 Å². The highest BCUT2D eigenvalue weighted by Crippen LogP contribution is 2.35. The van der Waals surface area contributed by atoms with E-state index in [-0.39, 0.29) is 6.03 Å².